The molecule has 9 heteroatoms. The van der Waals surface area contributed by atoms with E-state index in [1.165, 1.54) is 6.07 Å². The second-order valence-corrected chi connectivity index (χ2v) is 9.34. The Balaban J connectivity index is 1.90. The molecule has 1 aromatic heterocycles. The molecule has 1 saturated heterocycles. The van der Waals surface area contributed by atoms with Crippen LogP contribution in [0.25, 0.3) is 0 Å². The molecule has 162 valence electrons. The number of nitrogens with zero attached hydrogens (tertiary/aromatic N) is 5. The lowest BCUT2D eigenvalue weighted by Gasteiger charge is -2.44. The van der Waals surface area contributed by atoms with Gasteiger partial charge in [0.25, 0.3) is 5.69 Å². The molecule has 1 amide bonds. The van der Waals surface area contributed by atoms with E-state index in [4.69, 9.17) is 4.74 Å². The second-order valence-electron chi connectivity index (χ2n) is 9.34. The molecule has 0 radical (unpaired) electrons. The highest BCUT2D eigenvalue weighted by Gasteiger charge is 2.38. The summed E-state index contributed by atoms with van der Waals surface area (Å²) in [6, 6.07) is 3.29. The van der Waals surface area contributed by atoms with Crippen LogP contribution in [0.1, 0.15) is 64.6 Å². The van der Waals surface area contributed by atoms with Crippen LogP contribution in [-0.2, 0) is 4.74 Å². The third-order valence-corrected chi connectivity index (χ3v) is 5.41. The van der Waals surface area contributed by atoms with Gasteiger partial charge in [-0.2, -0.15) is 5.26 Å². The summed E-state index contributed by atoms with van der Waals surface area (Å²) in [5.41, 5.74) is -0.00222. The first-order chi connectivity index (χ1) is 14.0. The van der Waals surface area contributed by atoms with E-state index in [9.17, 15) is 20.2 Å². The van der Waals surface area contributed by atoms with Crippen LogP contribution in [-0.4, -0.2) is 52.2 Å². The van der Waals surface area contributed by atoms with Gasteiger partial charge in [0.05, 0.1) is 11.0 Å². The minimum Gasteiger partial charge on any atom is -0.444 e. The van der Waals surface area contributed by atoms with E-state index in [2.05, 4.69) is 11.1 Å². The van der Waals surface area contributed by atoms with E-state index >= 15 is 0 Å². The van der Waals surface area contributed by atoms with Gasteiger partial charge in [0.2, 0.25) is 0 Å². The maximum absolute atomic E-state index is 12.7. The van der Waals surface area contributed by atoms with Gasteiger partial charge < -0.3 is 14.5 Å². The summed E-state index contributed by atoms with van der Waals surface area (Å²) < 4.78 is 5.57. The quantitative estimate of drug-likeness (QED) is 0.542. The summed E-state index contributed by atoms with van der Waals surface area (Å²) in [7, 11) is 0. The Morgan fingerprint density at radius 3 is 2.53 bits per heavy atom. The van der Waals surface area contributed by atoms with E-state index in [1.54, 1.807) is 4.90 Å². The van der Waals surface area contributed by atoms with Crippen LogP contribution in [0.4, 0.5) is 16.3 Å². The molecular weight excluding hydrogens is 386 g/mol. The number of nitro groups is 1. The van der Waals surface area contributed by atoms with E-state index in [-0.39, 0.29) is 35.2 Å². The first-order valence-corrected chi connectivity index (χ1v) is 10.4. The zero-order valence-corrected chi connectivity index (χ0v) is 18.2. The number of rotatable bonds is 4. The number of piperazine rings is 1. The number of ether oxygens (including phenoxy) is 1. The SMILES string of the molecule is CC(C)[C@@H]1CN(c2nc(C3CC3)c([N+](=O)[O-])cc2C#N)CCN1C(=O)OC(C)(C)C. The van der Waals surface area contributed by atoms with Gasteiger partial charge in [-0.1, -0.05) is 13.8 Å². The van der Waals surface area contributed by atoms with Gasteiger partial charge in [-0.05, 0) is 39.5 Å². The van der Waals surface area contributed by atoms with Crippen molar-refractivity contribution in [1.29, 1.82) is 5.26 Å². The topological polar surface area (TPSA) is 113 Å². The molecule has 3 rings (SSSR count). The lowest BCUT2D eigenvalue weighted by Crippen LogP contribution is -2.58. The predicted molar refractivity (Wildman–Crippen MR) is 111 cm³/mol. The van der Waals surface area contributed by atoms with Gasteiger partial charge in [-0.25, -0.2) is 9.78 Å². The van der Waals surface area contributed by atoms with Crippen molar-refractivity contribution in [3.8, 4) is 6.07 Å². The fourth-order valence-corrected chi connectivity index (χ4v) is 3.75. The molecule has 2 aliphatic rings. The highest BCUT2D eigenvalue weighted by molar-refractivity contribution is 5.69. The monoisotopic (exact) mass is 415 g/mol. The van der Waals surface area contributed by atoms with Gasteiger partial charge in [-0.15, -0.1) is 0 Å². The normalized spacial score (nSPS) is 19.6. The molecule has 1 aromatic rings. The number of anilines is 1. The fraction of sp³-hybridized carbons (Fsp3) is 0.667. The highest BCUT2D eigenvalue weighted by atomic mass is 16.6. The molecule has 0 spiro atoms. The van der Waals surface area contributed by atoms with E-state index in [0.29, 0.717) is 31.1 Å². The van der Waals surface area contributed by atoms with Crippen molar-refractivity contribution in [1.82, 2.24) is 9.88 Å². The number of pyridine rings is 1. The van der Waals surface area contributed by atoms with Crippen molar-refractivity contribution in [3.05, 3.63) is 27.4 Å². The molecule has 2 fully saturated rings. The molecule has 30 heavy (non-hydrogen) atoms. The van der Waals surface area contributed by atoms with Crippen molar-refractivity contribution in [2.24, 2.45) is 5.92 Å². The summed E-state index contributed by atoms with van der Waals surface area (Å²) in [6.45, 7) is 11.0. The Morgan fingerprint density at radius 2 is 2.03 bits per heavy atom. The Morgan fingerprint density at radius 1 is 1.37 bits per heavy atom. The number of carbonyl (C=O) groups is 1. The average Bonchev–Trinajstić information content (AvgIpc) is 3.50. The minimum atomic E-state index is -0.581. The Labute approximate surface area is 176 Å². The van der Waals surface area contributed by atoms with Crippen LogP contribution in [0.3, 0.4) is 0 Å². The van der Waals surface area contributed by atoms with Crippen LogP contribution in [0.5, 0.6) is 0 Å². The van der Waals surface area contributed by atoms with Crippen molar-refractivity contribution in [2.45, 2.75) is 65.0 Å². The molecular formula is C21H29N5O4. The number of hydrogen-bond donors (Lipinski definition) is 0. The van der Waals surface area contributed by atoms with Crippen molar-refractivity contribution < 1.29 is 14.5 Å². The minimum absolute atomic E-state index is 0.0781. The van der Waals surface area contributed by atoms with Gasteiger partial charge in [0.1, 0.15) is 28.7 Å². The third-order valence-electron chi connectivity index (χ3n) is 5.41. The molecule has 1 saturated carbocycles. The van der Waals surface area contributed by atoms with Gasteiger partial charge in [0, 0.05) is 31.6 Å². The fourth-order valence-electron chi connectivity index (χ4n) is 3.75. The maximum Gasteiger partial charge on any atom is 0.410 e. The van der Waals surface area contributed by atoms with Crippen molar-refractivity contribution in [2.75, 3.05) is 24.5 Å². The molecule has 1 aliphatic carbocycles. The molecule has 9 nitrogen and oxygen atoms in total. The predicted octanol–water partition coefficient (Wildman–Crippen LogP) is 3.82. The molecule has 0 unspecified atom stereocenters. The molecule has 0 bridgehead atoms. The summed E-state index contributed by atoms with van der Waals surface area (Å²) in [4.78, 5) is 32.0. The van der Waals surface area contributed by atoms with Gasteiger partial charge >= 0.3 is 6.09 Å². The zero-order chi connectivity index (χ0) is 22.2. The maximum atomic E-state index is 12.7. The Bertz CT molecular complexity index is 883. The third kappa shape index (κ3) is 4.64. The summed E-state index contributed by atoms with van der Waals surface area (Å²) in [5.74, 6) is 0.715. The van der Waals surface area contributed by atoms with E-state index in [0.717, 1.165) is 12.8 Å². The first-order valence-electron chi connectivity index (χ1n) is 10.4. The van der Waals surface area contributed by atoms with Crippen molar-refractivity contribution >= 4 is 17.6 Å². The van der Waals surface area contributed by atoms with Crippen LogP contribution in [0.15, 0.2) is 6.07 Å². The summed E-state index contributed by atoms with van der Waals surface area (Å²) in [5, 5.41) is 21.1. The Hall–Kier alpha value is -2.89. The summed E-state index contributed by atoms with van der Waals surface area (Å²) in [6.07, 6.45) is 1.40. The molecule has 0 aromatic carbocycles. The van der Waals surface area contributed by atoms with Crippen LogP contribution in [0, 0.1) is 27.4 Å². The molecule has 1 atom stereocenters. The standard InChI is InChI=1S/C21H29N5O4/c1-13(2)17-12-24(8-9-25(17)20(27)30-21(3,4)5)19-15(11-22)10-16(26(28)29)18(23-19)14-6-7-14/h10,13-14,17H,6-9,12H2,1-5H3/t17-/m0/s1. The Kier molecular flexibility index (Phi) is 5.88. The molecule has 2 heterocycles. The average molecular weight is 415 g/mol. The van der Waals surface area contributed by atoms with Gasteiger partial charge in [0.15, 0.2) is 0 Å². The summed E-state index contributed by atoms with van der Waals surface area (Å²) >= 11 is 0. The van der Waals surface area contributed by atoms with Crippen LogP contribution >= 0.6 is 0 Å². The molecule has 1 aliphatic heterocycles. The largest absolute Gasteiger partial charge is 0.444 e. The smallest absolute Gasteiger partial charge is 0.410 e. The number of nitriles is 1. The van der Waals surface area contributed by atoms with E-state index in [1.807, 2.05) is 39.5 Å². The molecule has 0 N–H and O–H groups in total. The van der Waals surface area contributed by atoms with E-state index < -0.39 is 10.5 Å². The van der Waals surface area contributed by atoms with Crippen LogP contribution in [0.2, 0.25) is 0 Å². The number of hydrogen-bond acceptors (Lipinski definition) is 7. The van der Waals surface area contributed by atoms with Crippen molar-refractivity contribution in [3.63, 3.8) is 0 Å². The number of aromatic nitrogens is 1. The lowest BCUT2D eigenvalue weighted by molar-refractivity contribution is -0.385. The van der Waals surface area contributed by atoms with Gasteiger partial charge in [-0.3, -0.25) is 10.1 Å². The number of amides is 1. The second kappa shape index (κ2) is 8.09. The zero-order valence-electron chi connectivity index (χ0n) is 18.2. The first kappa shape index (κ1) is 21.8. The van der Waals surface area contributed by atoms with Crippen LogP contribution < -0.4 is 4.90 Å². The number of carbonyl (C=O) groups excluding carboxylic acids is 1. The lowest BCUT2D eigenvalue weighted by atomic mass is 9.99. The highest BCUT2D eigenvalue weighted by Crippen LogP contribution is 2.44.